The van der Waals surface area contributed by atoms with Gasteiger partial charge in [-0.15, -0.1) is 22.9 Å². The summed E-state index contributed by atoms with van der Waals surface area (Å²) < 4.78 is 0.635. The number of carbonyl (C=O) groups is 1. The molecule has 0 spiro atoms. The molecule has 2 unspecified atom stereocenters. The monoisotopic (exact) mass is 277 g/mol. The third kappa shape index (κ3) is 2.90. The molecule has 1 fully saturated rings. The second-order valence-corrected chi connectivity index (χ2v) is 6.26. The lowest BCUT2D eigenvalue weighted by molar-refractivity contribution is 0.0933. The number of amides is 1. The van der Waals surface area contributed by atoms with Gasteiger partial charge in [-0.25, -0.2) is 0 Å². The molecule has 16 heavy (non-hydrogen) atoms. The highest BCUT2D eigenvalue weighted by atomic mass is 35.5. The molecule has 1 amide bonds. The van der Waals surface area contributed by atoms with Crippen molar-refractivity contribution in [2.75, 3.05) is 0 Å². The van der Waals surface area contributed by atoms with E-state index in [-0.39, 0.29) is 17.3 Å². The minimum absolute atomic E-state index is 0.0607. The number of hydrogen-bond acceptors (Lipinski definition) is 2. The number of halogens is 2. The van der Waals surface area contributed by atoms with Crippen LogP contribution >= 0.6 is 34.5 Å². The quantitative estimate of drug-likeness (QED) is 0.821. The van der Waals surface area contributed by atoms with Crippen molar-refractivity contribution in [1.82, 2.24) is 5.32 Å². The Hall–Kier alpha value is -0.250. The predicted octanol–water partition coefficient (Wildman–Crippen LogP) is 3.68. The van der Waals surface area contributed by atoms with Crippen LogP contribution in [0.3, 0.4) is 0 Å². The van der Waals surface area contributed by atoms with Gasteiger partial charge in [-0.3, -0.25) is 4.79 Å². The van der Waals surface area contributed by atoms with Crippen LogP contribution < -0.4 is 5.32 Å². The lowest BCUT2D eigenvalue weighted by Gasteiger charge is -2.27. The smallest absolute Gasteiger partial charge is 0.261 e. The van der Waals surface area contributed by atoms with Gasteiger partial charge in [0.25, 0.3) is 5.91 Å². The van der Waals surface area contributed by atoms with E-state index in [4.69, 9.17) is 23.2 Å². The first kappa shape index (κ1) is 12.2. The maximum Gasteiger partial charge on any atom is 0.261 e. The molecule has 0 aromatic carbocycles. The average molecular weight is 278 g/mol. The van der Waals surface area contributed by atoms with Crippen molar-refractivity contribution in [3.63, 3.8) is 0 Å². The molecule has 2 nitrogen and oxygen atoms in total. The van der Waals surface area contributed by atoms with E-state index in [0.29, 0.717) is 9.21 Å². The molecule has 0 aliphatic heterocycles. The summed E-state index contributed by atoms with van der Waals surface area (Å²) >= 11 is 13.3. The standard InChI is InChI=1S/C11H13Cl2NOS/c12-7-3-1-2-4-8(7)14-11(15)9-5-6-10(13)16-9/h5-8H,1-4H2,(H,14,15). The van der Waals surface area contributed by atoms with E-state index < -0.39 is 0 Å². The molecular weight excluding hydrogens is 265 g/mol. The van der Waals surface area contributed by atoms with Crippen molar-refractivity contribution >= 4 is 40.4 Å². The molecule has 1 N–H and O–H groups in total. The van der Waals surface area contributed by atoms with E-state index >= 15 is 0 Å². The molecule has 88 valence electrons. The van der Waals surface area contributed by atoms with Crippen LogP contribution in [0.25, 0.3) is 0 Å². The van der Waals surface area contributed by atoms with Gasteiger partial charge in [-0.05, 0) is 25.0 Å². The van der Waals surface area contributed by atoms with Crippen molar-refractivity contribution in [3.05, 3.63) is 21.3 Å². The summed E-state index contributed by atoms with van der Waals surface area (Å²) in [5, 5.41) is 3.04. The van der Waals surface area contributed by atoms with Crippen LogP contribution in [0.2, 0.25) is 4.34 Å². The van der Waals surface area contributed by atoms with E-state index in [1.54, 1.807) is 12.1 Å². The fourth-order valence-corrected chi connectivity index (χ4v) is 3.21. The Labute approximate surface area is 109 Å². The van der Waals surface area contributed by atoms with Crippen molar-refractivity contribution in [2.24, 2.45) is 0 Å². The Morgan fingerprint density at radius 3 is 2.75 bits per heavy atom. The van der Waals surface area contributed by atoms with Crippen molar-refractivity contribution in [2.45, 2.75) is 37.1 Å². The molecule has 1 saturated carbocycles. The normalized spacial score (nSPS) is 25.4. The first-order chi connectivity index (χ1) is 7.66. The van der Waals surface area contributed by atoms with Crippen LogP contribution in [0, 0.1) is 0 Å². The van der Waals surface area contributed by atoms with Gasteiger partial charge in [-0.2, -0.15) is 0 Å². The molecule has 2 atom stereocenters. The molecule has 0 saturated heterocycles. The maximum atomic E-state index is 11.9. The van der Waals surface area contributed by atoms with Gasteiger partial charge in [0.15, 0.2) is 0 Å². The van der Waals surface area contributed by atoms with E-state index in [0.717, 1.165) is 25.7 Å². The number of hydrogen-bond donors (Lipinski definition) is 1. The highest BCUT2D eigenvalue weighted by Crippen LogP contribution is 2.25. The lowest BCUT2D eigenvalue weighted by atomic mass is 9.95. The molecule has 1 aliphatic carbocycles. The van der Waals surface area contributed by atoms with Gasteiger partial charge in [0.05, 0.1) is 14.6 Å². The molecule has 0 radical (unpaired) electrons. The third-order valence-electron chi connectivity index (χ3n) is 2.80. The van der Waals surface area contributed by atoms with Crippen LogP contribution in [0.15, 0.2) is 12.1 Å². The van der Waals surface area contributed by atoms with Gasteiger partial charge in [-0.1, -0.05) is 24.4 Å². The van der Waals surface area contributed by atoms with Gasteiger partial charge in [0.1, 0.15) is 0 Å². The number of alkyl halides is 1. The van der Waals surface area contributed by atoms with Crippen LogP contribution in [0.5, 0.6) is 0 Å². The molecule has 1 aromatic rings. The van der Waals surface area contributed by atoms with Gasteiger partial charge >= 0.3 is 0 Å². The van der Waals surface area contributed by atoms with Gasteiger partial charge in [0, 0.05) is 6.04 Å². The largest absolute Gasteiger partial charge is 0.347 e. The zero-order chi connectivity index (χ0) is 11.5. The summed E-state index contributed by atoms with van der Waals surface area (Å²) in [5.41, 5.74) is 0. The van der Waals surface area contributed by atoms with E-state index in [2.05, 4.69) is 5.32 Å². The zero-order valence-corrected chi connectivity index (χ0v) is 11.0. The molecule has 0 bridgehead atoms. The summed E-state index contributed by atoms with van der Waals surface area (Å²) in [6.45, 7) is 0. The number of nitrogens with one attached hydrogen (secondary N) is 1. The molecule has 1 aromatic heterocycles. The summed E-state index contributed by atoms with van der Waals surface area (Å²) in [6.07, 6.45) is 4.25. The molecule has 2 rings (SSSR count). The predicted molar refractivity (Wildman–Crippen MR) is 68.7 cm³/mol. The maximum absolute atomic E-state index is 11.9. The average Bonchev–Trinajstić information content (AvgIpc) is 2.68. The van der Waals surface area contributed by atoms with Crippen molar-refractivity contribution in [1.29, 1.82) is 0 Å². The van der Waals surface area contributed by atoms with Crippen LogP contribution in [0.4, 0.5) is 0 Å². The highest BCUT2D eigenvalue weighted by molar-refractivity contribution is 7.17. The van der Waals surface area contributed by atoms with Crippen LogP contribution in [0.1, 0.15) is 35.4 Å². The number of rotatable bonds is 2. The minimum atomic E-state index is -0.0607. The summed E-state index contributed by atoms with van der Waals surface area (Å²) in [5.74, 6) is -0.0607. The molecular formula is C11H13Cl2NOS. The minimum Gasteiger partial charge on any atom is -0.347 e. The van der Waals surface area contributed by atoms with E-state index in [1.165, 1.54) is 11.3 Å². The number of thiophene rings is 1. The Morgan fingerprint density at radius 2 is 2.12 bits per heavy atom. The summed E-state index contributed by atoms with van der Waals surface area (Å²) in [7, 11) is 0. The van der Waals surface area contributed by atoms with Gasteiger partial charge in [0.2, 0.25) is 0 Å². The number of carbonyl (C=O) groups excluding carboxylic acids is 1. The molecule has 1 aliphatic rings. The van der Waals surface area contributed by atoms with Crippen LogP contribution in [-0.4, -0.2) is 17.3 Å². The van der Waals surface area contributed by atoms with E-state index in [9.17, 15) is 4.79 Å². The summed E-state index contributed by atoms with van der Waals surface area (Å²) in [6, 6.07) is 3.58. The van der Waals surface area contributed by atoms with Gasteiger partial charge < -0.3 is 5.32 Å². The topological polar surface area (TPSA) is 29.1 Å². The first-order valence-electron chi connectivity index (χ1n) is 5.37. The summed E-state index contributed by atoms with van der Waals surface area (Å²) in [4.78, 5) is 12.5. The second-order valence-electron chi connectivity index (χ2n) is 3.98. The Morgan fingerprint density at radius 1 is 1.38 bits per heavy atom. The van der Waals surface area contributed by atoms with Crippen molar-refractivity contribution < 1.29 is 4.79 Å². The fourth-order valence-electron chi connectivity index (χ4n) is 1.92. The second kappa shape index (κ2) is 5.39. The molecule has 5 heteroatoms. The Kier molecular flexibility index (Phi) is 4.11. The fraction of sp³-hybridized carbons (Fsp3) is 0.545. The first-order valence-corrected chi connectivity index (χ1v) is 7.00. The highest BCUT2D eigenvalue weighted by Gasteiger charge is 2.25. The van der Waals surface area contributed by atoms with E-state index in [1.807, 2.05) is 0 Å². The Balaban J connectivity index is 1.96. The third-order valence-corrected chi connectivity index (χ3v) is 4.55. The van der Waals surface area contributed by atoms with Crippen LogP contribution in [-0.2, 0) is 0 Å². The zero-order valence-electron chi connectivity index (χ0n) is 8.71. The van der Waals surface area contributed by atoms with Crippen molar-refractivity contribution in [3.8, 4) is 0 Å². The Bertz CT molecular complexity index is 380. The SMILES string of the molecule is O=C(NC1CCCCC1Cl)c1ccc(Cl)s1. The lowest BCUT2D eigenvalue weighted by Crippen LogP contribution is -2.42. The molecule has 1 heterocycles.